The standard InChI is InChI=1S/C34H34NO2/c1-20-22-9-6-7-10-26(22)31(34(2,3)4)33-29(20)32-30-25(13-16-35(32)5)24-12-8-11-23(21-14-17-36-18-15-21)27(24)19-28(30)37-33/h6-13,16,19,21H,14-15,17-18H2,1-5H3/q+1. The van der Waals surface area contributed by atoms with Gasteiger partial charge in [-0.3, -0.25) is 0 Å². The van der Waals surface area contributed by atoms with E-state index in [0.29, 0.717) is 5.92 Å². The zero-order chi connectivity index (χ0) is 25.5. The Morgan fingerprint density at radius 3 is 2.32 bits per heavy atom. The molecule has 7 rings (SSSR count). The van der Waals surface area contributed by atoms with Gasteiger partial charge in [-0.1, -0.05) is 63.2 Å². The number of aromatic nitrogens is 1. The Hall–Kier alpha value is -3.43. The van der Waals surface area contributed by atoms with Crippen molar-refractivity contribution >= 4 is 32.3 Å². The molecule has 0 amide bonds. The van der Waals surface area contributed by atoms with E-state index in [1.54, 1.807) is 0 Å². The second kappa shape index (κ2) is 8.03. The molecule has 3 heteroatoms. The second-order valence-corrected chi connectivity index (χ2v) is 11.9. The van der Waals surface area contributed by atoms with Crippen LogP contribution in [0, 0.1) is 6.92 Å². The molecule has 2 aliphatic heterocycles. The van der Waals surface area contributed by atoms with E-state index in [9.17, 15) is 0 Å². The van der Waals surface area contributed by atoms with Gasteiger partial charge < -0.3 is 9.47 Å². The Morgan fingerprint density at radius 1 is 0.838 bits per heavy atom. The van der Waals surface area contributed by atoms with Gasteiger partial charge in [0.25, 0.3) is 0 Å². The first kappa shape index (κ1) is 22.7. The minimum atomic E-state index is -0.0779. The zero-order valence-corrected chi connectivity index (χ0v) is 22.4. The van der Waals surface area contributed by atoms with E-state index in [1.807, 2.05) is 0 Å². The fraction of sp³-hybridized carbons (Fsp3) is 0.324. The maximum Gasteiger partial charge on any atom is 0.228 e. The molecule has 0 bridgehead atoms. The largest absolute Gasteiger partial charge is 0.455 e. The quantitative estimate of drug-likeness (QED) is 0.172. The summed E-state index contributed by atoms with van der Waals surface area (Å²) in [5.74, 6) is 2.51. The van der Waals surface area contributed by atoms with Crippen LogP contribution in [0.25, 0.3) is 43.6 Å². The molecule has 3 heterocycles. The lowest BCUT2D eigenvalue weighted by molar-refractivity contribution is -0.659. The first-order chi connectivity index (χ1) is 17.8. The van der Waals surface area contributed by atoms with Crippen LogP contribution in [0.3, 0.4) is 0 Å². The van der Waals surface area contributed by atoms with Crippen molar-refractivity contribution < 1.29 is 14.0 Å². The van der Waals surface area contributed by atoms with E-state index in [-0.39, 0.29) is 5.41 Å². The number of pyridine rings is 1. The van der Waals surface area contributed by atoms with Crippen LogP contribution >= 0.6 is 0 Å². The summed E-state index contributed by atoms with van der Waals surface area (Å²) in [6, 6.07) is 20.2. The van der Waals surface area contributed by atoms with Crippen LogP contribution in [0.2, 0.25) is 0 Å². The summed E-state index contributed by atoms with van der Waals surface area (Å²) < 4.78 is 15.0. The van der Waals surface area contributed by atoms with Crippen LogP contribution < -0.4 is 9.30 Å². The van der Waals surface area contributed by atoms with Crippen molar-refractivity contribution in [2.75, 3.05) is 13.2 Å². The zero-order valence-electron chi connectivity index (χ0n) is 22.4. The normalized spacial score (nSPS) is 15.8. The van der Waals surface area contributed by atoms with Crippen LogP contribution in [-0.2, 0) is 17.2 Å². The van der Waals surface area contributed by atoms with E-state index in [2.05, 4.69) is 100 Å². The Kier molecular flexibility index (Phi) is 4.94. The molecular weight excluding hydrogens is 454 g/mol. The predicted octanol–water partition coefficient (Wildman–Crippen LogP) is 8.24. The number of fused-ring (bicyclic) bond motifs is 5. The maximum atomic E-state index is 7.06. The molecule has 1 aromatic heterocycles. The van der Waals surface area contributed by atoms with Gasteiger partial charge in [-0.25, -0.2) is 4.57 Å². The summed E-state index contributed by atoms with van der Waals surface area (Å²) >= 11 is 0. The number of hydrogen-bond acceptors (Lipinski definition) is 2. The molecule has 4 aromatic carbocycles. The molecule has 1 saturated heterocycles. The molecule has 2 aliphatic rings. The molecule has 0 aliphatic carbocycles. The summed E-state index contributed by atoms with van der Waals surface area (Å²) in [7, 11) is 2.17. The van der Waals surface area contributed by atoms with Crippen LogP contribution in [0.15, 0.2) is 60.8 Å². The number of benzene rings is 4. The topological polar surface area (TPSA) is 22.3 Å². The summed E-state index contributed by atoms with van der Waals surface area (Å²) in [4.78, 5) is 0. The summed E-state index contributed by atoms with van der Waals surface area (Å²) in [5.41, 5.74) is 6.39. The molecular formula is C34H34NO2+. The van der Waals surface area contributed by atoms with Gasteiger partial charge in [0.1, 0.15) is 18.5 Å². The highest BCUT2D eigenvalue weighted by Gasteiger charge is 2.36. The number of rotatable bonds is 1. The van der Waals surface area contributed by atoms with E-state index >= 15 is 0 Å². The monoisotopic (exact) mass is 488 g/mol. The van der Waals surface area contributed by atoms with Gasteiger partial charge in [0.15, 0.2) is 6.20 Å². The van der Waals surface area contributed by atoms with Crippen molar-refractivity contribution in [2.24, 2.45) is 7.05 Å². The molecule has 0 unspecified atom stereocenters. The van der Waals surface area contributed by atoms with Crippen molar-refractivity contribution in [1.82, 2.24) is 0 Å². The summed E-state index contributed by atoms with van der Waals surface area (Å²) in [6.07, 6.45) is 4.37. The number of nitrogens with zero attached hydrogens (tertiary/aromatic N) is 1. The lowest BCUT2D eigenvalue weighted by Gasteiger charge is -2.31. The summed E-state index contributed by atoms with van der Waals surface area (Å²) in [5, 5.41) is 7.70. The molecule has 3 nitrogen and oxygen atoms in total. The molecule has 0 N–H and O–H groups in total. The van der Waals surface area contributed by atoms with Gasteiger partial charge in [0.2, 0.25) is 5.69 Å². The predicted molar refractivity (Wildman–Crippen MR) is 152 cm³/mol. The molecule has 37 heavy (non-hydrogen) atoms. The lowest BCUT2D eigenvalue weighted by atomic mass is 9.78. The molecule has 0 atom stereocenters. The van der Waals surface area contributed by atoms with Crippen LogP contribution in [0.4, 0.5) is 0 Å². The van der Waals surface area contributed by atoms with E-state index < -0.39 is 0 Å². The Balaban J connectivity index is 1.62. The molecule has 0 saturated carbocycles. The molecule has 0 radical (unpaired) electrons. The van der Waals surface area contributed by atoms with Gasteiger partial charge in [-0.15, -0.1) is 0 Å². The Morgan fingerprint density at radius 2 is 1.57 bits per heavy atom. The highest BCUT2D eigenvalue weighted by molar-refractivity contribution is 6.17. The van der Waals surface area contributed by atoms with Gasteiger partial charge in [0, 0.05) is 30.2 Å². The third kappa shape index (κ3) is 3.26. The van der Waals surface area contributed by atoms with Gasteiger partial charge >= 0.3 is 0 Å². The first-order valence-corrected chi connectivity index (χ1v) is 13.5. The number of ether oxygens (including phenoxy) is 2. The van der Waals surface area contributed by atoms with Crippen molar-refractivity contribution in [3.8, 4) is 22.8 Å². The van der Waals surface area contributed by atoms with Crippen molar-refractivity contribution in [1.29, 1.82) is 0 Å². The van der Waals surface area contributed by atoms with Crippen LogP contribution in [0.5, 0.6) is 11.5 Å². The van der Waals surface area contributed by atoms with Crippen molar-refractivity contribution in [2.45, 2.75) is 51.9 Å². The van der Waals surface area contributed by atoms with Crippen LogP contribution in [0.1, 0.15) is 56.2 Å². The third-order valence-corrected chi connectivity index (χ3v) is 8.56. The van der Waals surface area contributed by atoms with Gasteiger partial charge in [-0.05, 0) is 69.8 Å². The SMILES string of the molecule is Cc1c2c(c(C(C)(C)C)c3ccccc13)Oc1cc3c(C4CCOCC4)cccc3c3cc[n+](C)c-2c13. The van der Waals surface area contributed by atoms with Crippen molar-refractivity contribution in [3.63, 3.8) is 0 Å². The molecule has 186 valence electrons. The molecule has 0 spiro atoms. The highest BCUT2D eigenvalue weighted by atomic mass is 16.5. The first-order valence-electron chi connectivity index (χ1n) is 13.5. The van der Waals surface area contributed by atoms with Gasteiger partial charge in [-0.2, -0.15) is 0 Å². The second-order valence-electron chi connectivity index (χ2n) is 11.9. The average Bonchev–Trinajstić information content (AvgIpc) is 2.89. The van der Waals surface area contributed by atoms with E-state index in [0.717, 1.165) is 37.6 Å². The average molecular weight is 489 g/mol. The fourth-order valence-electron chi connectivity index (χ4n) is 6.87. The lowest BCUT2D eigenvalue weighted by Crippen LogP contribution is -2.32. The summed E-state index contributed by atoms with van der Waals surface area (Å²) in [6.45, 7) is 10.8. The fourth-order valence-corrected chi connectivity index (χ4v) is 6.87. The molecule has 5 aromatic rings. The van der Waals surface area contributed by atoms with Crippen molar-refractivity contribution in [3.05, 3.63) is 77.5 Å². The Bertz CT molecular complexity index is 1740. The van der Waals surface area contributed by atoms with Gasteiger partial charge in [0.05, 0.1) is 10.9 Å². The number of aryl methyl sites for hydroxylation is 2. The van der Waals surface area contributed by atoms with Crippen LogP contribution in [-0.4, -0.2) is 13.2 Å². The smallest absolute Gasteiger partial charge is 0.228 e. The minimum absolute atomic E-state index is 0.0779. The third-order valence-electron chi connectivity index (χ3n) is 8.56. The Labute approximate surface area is 218 Å². The number of hydrogen-bond donors (Lipinski definition) is 0. The van der Waals surface area contributed by atoms with E-state index in [1.165, 1.54) is 60.3 Å². The van der Waals surface area contributed by atoms with E-state index in [4.69, 9.17) is 9.47 Å². The minimum Gasteiger partial charge on any atom is -0.455 e. The maximum absolute atomic E-state index is 7.06. The molecule has 1 fully saturated rings. The highest BCUT2D eigenvalue weighted by Crippen LogP contribution is 2.54.